The Hall–Kier alpha value is -1.68. The molecule has 0 unspecified atom stereocenters. The summed E-state index contributed by atoms with van der Waals surface area (Å²) in [5.74, 6) is -0.190. The van der Waals surface area contributed by atoms with Crippen LogP contribution in [0.3, 0.4) is 0 Å². The van der Waals surface area contributed by atoms with E-state index in [1.165, 1.54) is 29.1 Å². The molecule has 1 N–H and O–H groups in total. The van der Waals surface area contributed by atoms with Crippen molar-refractivity contribution in [3.8, 4) is 0 Å². The van der Waals surface area contributed by atoms with E-state index in [0.29, 0.717) is 0 Å². The summed E-state index contributed by atoms with van der Waals surface area (Å²) in [7, 11) is 0. The number of hydrogen-bond donors (Lipinski definition) is 1. The zero-order valence-corrected chi connectivity index (χ0v) is 11.1. The van der Waals surface area contributed by atoms with Crippen molar-refractivity contribution in [2.45, 2.75) is 32.9 Å². The molecule has 0 saturated carbocycles. The number of benzene rings is 1. The minimum absolute atomic E-state index is 0.190. The van der Waals surface area contributed by atoms with Gasteiger partial charge in [0, 0.05) is 30.8 Å². The van der Waals surface area contributed by atoms with Crippen LogP contribution in [0.1, 0.15) is 29.4 Å². The van der Waals surface area contributed by atoms with Gasteiger partial charge in [-0.2, -0.15) is 5.10 Å². The van der Waals surface area contributed by atoms with E-state index >= 15 is 0 Å². The molecule has 1 aromatic carbocycles. The van der Waals surface area contributed by atoms with Crippen molar-refractivity contribution in [1.29, 1.82) is 0 Å². The molecule has 4 heteroatoms. The Balaban J connectivity index is 1.92. The number of halogens is 1. The van der Waals surface area contributed by atoms with Gasteiger partial charge in [0.2, 0.25) is 0 Å². The summed E-state index contributed by atoms with van der Waals surface area (Å²) < 4.78 is 15.0. The Morgan fingerprint density at radius 3 is 2.84 bits per heavy atom. The number of nitrogens with zero attached hydrogens (tertiary/aromatic N) is 2. The number of fused-ring (bicyclic) bond motifs is 1. The minimum Gasteiger partial charge on any atom is -0.312 e. The van der Waals surface area contributed by atoms with Crippen LogP contribution in [0, 0.1) is 5.82 Å². The Labute approximate surface area is 112 Å². The van der Waals surface area contributed by atoms with Crippen LogP contribution in [0.5, 0.6) is 0 Å². The first-order valence-corrected chi connectivity index (χ1v) is 6.80. The summed E-state index contributed by atoms with van der Waals surface area (Å²) >= 11 is 0. The van der Waals surface area contributed by atoms with E-state index in [1.54, 1.807) is 0 Å². The average Bonchev–Trinajstić information content (AvgIpc) is 2.80. The van der Waals surface area contributed by atoms with E-state index in [-0.39, 0.29) is 5.82 Å². The highest BCUT2D eigenvalue weighted by Crippen LogP contribution is 2.20. The summed E-state index contributed by atoms with van der Waals surface area (Å²) in [5.41, 5.74) is 4.97. The largest absolute Gasteiger partial charge is 0.312 e. The van der Waals surface area contributed by atoms with Crippen molar-refractivity contribution in [2.75, 3.05) is 6.54 Å². The first-order chi connectivity index (χ1) is 9.28. The van der Waals surface area contributed by atoms with E-state index in [0.717, 1.165) is 38.0 Å². The molecule has 0 fully saturated rings. The summed E-state index contributed by atoms with van der Waals surface area (Å²) in [6, 6.07) is 6.67. The maximum atomic E-state index is 12.9. The van der Waals surface area contributed by atoms with Crippen LogP contribution in [0.2, 0.25) is 0 Å². The molecule has 0 saturated heterocycles. The number of aromatic nitrogens is 2. The van der Waals surface area contributed by atoms with Gasteiger partial charge in [0.05, 0.1) is 12.2 Å². The first kappa shape index (κ1) is 12.4. The van der Waals surface area contributed by atoms with Gasteiger partial charge >= 0.3 is 0 Å². The molecular weight excluding hydrogens is 241 g/mol. The van der Waals surface area contributed by atoms with Crippen molar-refractivity contribution < 1.29 is 4.39 Å². The number of rotatable bonds is 3. The van der Waals surface area contributed by atoms with E-state index in [1.807, 2.05) is 12.1 Å². The van der Waals surface area contributed by atoms with Crippen LogP contribution in [0.4, 0.5) is 4.39 Å². The van der Waals surface area contributed by atoms with Crippen molar-refractivity contribution in [3.63, 3.8) is 0 Å². The number of nitrogens with one attached hydrogen (secondary N) is 1. The predicted octanol–water partition coefficient (Wildman–Crippen LogP) is 2.28. The van der Waals surface area contributed by atoms with Crippen molar-refractivity contribution in [2.24, 2.45) is 0 Å². The molecule has 2 heterocycles. The number of hydrogen-bond acceptors (Lipinski definition) is 2. The van der Waals surface area contributed by atoms with Crippen LogP contribution < -0.4 is 5.32 Å². The van der Waals surface area contributed by atoms with E-state index in [4.69, 9.17) is 5.10 Å². The van der Waals surface area contributed by atoms with Gasteiger partial charge in [-0.3, -0.25) is 4.68 Å². The lowest BCUT2D eigenvalue weighted by Crippen LogP contribution is -2.25. The second-order valence-corrected chi connectivity index (χ2v) is 4.94. The molecule has 0 aliphatic carbocycles. The monoisotopic (exact) mass is 259 g/mol. The molecule has 1 aliphatic heterocycles. The highest BCUT2D eigenvalue weighted by atomic mass is 19.1. The smallest absolute Gasteiger partial charge is 0.123 e. The lowest BCUT2D eigenvalue weighted by atomic mass is 10.1. The third-order valence-electron chi connectivity index (χ3n) is 3.67. The highest BCUT2D eigenvalue weighted by molar-refractivity contribution is 5.29. The molecule has 0 bridgehead atoms. The second-order valence-electron chi connectivity index (χ2n) is 4.94. The Bertz CT molecular complexity index is 572. The van der Waals surface area contributed by atoms with E-state index < -0.39 is 0 Å². The maximum absolute atomic E-state index is 12.9. The predicted molar refractivity (Wildman–Crippen MR) is 72.5 cm³/mol. The van der Waals surface area contributed by atoms with Crippen LogP contribution in [-0.4, -0.2) is 16.3 Å². The fourth-order valence-electron chi connectivity index (χ4n) is 2.67. The summed E-state index contributed by atoms with van der Waals surface area (Å²) in [6.45, 7) is 4.79. The van der Waals surface area contributed by atoms with Gasteiger partial charge in [0.25, 0.3) is 0 Å². The van der Waals surface area contributed by atoms with Gasteiger partial charge in [0.1, 0.15) is 5.82 Å². The second kappa shape index (κ2) is 5.13. The maximum Gasteiger partial charge on any atom is 0.123 e. The molecule has 3 rings (SSSR count). The lowest BCUT2D eigenvalue weighted by Gasteiger charge is -2.15. The van der Waals surface area contributed by atoms with Crippen molar-refractivity contribution >= 4 is 0 Å². The Morgan fingerprint density at radius 2 is 2.11 bits per heavy atom. The lowest BCUT2D eigenvalue weighted by molar-refractivity contribution is 0.581. The van der Waals surface area contributed by atoms with Gasteiger partial charge in [-0.1, -0.05) is 19.1 Å². The molecule has 1 aromatic heterocycles. The zero-order chi connectivity index (χ0) is 13.2. The molecule has 2 aromatic rings. The third kappa shape index (κ3) is 2.40. The molecule has 0 amide bonds. The standard InChI is InChI=1S/C15H18FN3/c1-2-14-13-9-17-8-7-15(13)19(18-14)10-11-3-5-12(16)6-4-11/h3-6,17H,2,7-10H2,1H3. The SMILES string of the molecule is CCc1nn(Cc2ccc(F)cc2)c2c1CNCC2. The fourth-order valence-corrected chi connectivity index (χ4v) is 2.67. The van der Waals surface area contributed by atoms with Crippen LogP contribution in [0.15, 0.2) is 24.3 Å². The quantitative estimate of drug-likeness (QED) is 0.916. The van der Waals surface area contributed by atoms with Gasteiger partial charge in [-0.15, -0.1) is 0 Å². The normalized spacial score (nSPS) is 14.4. The van der Waals surface area contributed by atoms with Crippen molar-refractivity contribution in [1.82, 2.24) is 15.1 Å². The molecule has 19 heavy (non-hydrogen) atoms. The van der Waals surface area contributed by atoms with Crippen LogP contribution in [-0.2, 0) is 25.9 Å². The Morgan fingerprint density at radius 1 is 1.32 bits per heavy atom. The van der Waals surface area contributed by atoms with Gasteiger partial charge in [0.15, 0.2) is 0 Å². The molecule has 3 nitrogen and oxygen atoms in total. The van der Waals surface area contributed by atoms with E-state index in [9.17, 15) is 4.39 Å². The molecule has 0 spiro atoms. The third-order valence-corrected chi connectivity index (χ3v) is 3.67. The average molecular weight is 259 g/mol. The van der Waals surface area contributed by atoms with Crippen LogP contribution in [0.25, 0.3) is 0 Å². The topological polar surface area (TPSA) is 29.9 Å². The zero-order valence-electron chi connectivity index (χ0n) is 11.1. The molecule has 1 aliphatic rings. The molecule has 0 radical (unpaired) electrons. The molecule has 100 valence electrons. The Kier molecular flexibility index (Phi) is 3.34. The minimum atomic E-state index is -0.190. The summed E-state index contributed by atoms with van der Waals surface area (Å²) in [4.78, 5) is 0. The summed E-state index contributed by atoms with van der Waals surface area (Å²) in [5, 5.41) is 8.11. The fraction of sp³-hybridized carbons (Fsp3) is 0.400. The van der Waals surface area contributed by atoms with Gasteiger partial charge in [-0.05, 0) is 24.1 Å². The summed E-state index contributed by atoms with van der Waals surface area (Å²) in [6.07, 6.45) is 1.98. The van der Waals surface area contributed by atoms with Gasteiger partial charge < -0.3 is 5.32 Å². The van der Waals surface area contributed by atoms with Crippen molar-refractivity contribution in [3.05, 3.63) is 52.6 Å². The molecule has 0 atom stereocenters. The first-order valence-electron chi connectivity index (χ1n) is 6.80. The van der Waals surface area contributed by atoms with E-state index in [2.05, 4.69) is 16.9 Å². The highest BCUT2D eigenvalue weighted by Gasteiger charge is 2.19. The number of aryl methyl sites for hydroxylation is 1. The molecular formula is C15H18FN3. The van der Waals surface area contributed by atoms with Crippen LogP contribution >= 0.6 is 0 Å². The van der Waals surface area contributed by atoms with Gasteiger partial charge in [-0.25, -0.2) is 4.39 Å².